The van der Waals surface area contributed by atoms with Gasteiger partial charge >= 0.3 is 0 Å². The van der Waals surface area contributed by atoms with Crippen LogP contribution < -0.4 is 10.5 Å². The molecular weight excluding hydrogens is 243 g/mol. The molecule has 6 heteroatoms. The average Bonchev–Trinajstić information content (AvgIpc) is 2.09. The van der Waals surface area contributed by atoms with E-state index in [1.807, 2.05) is 0 Å². The Hall–Kier alpha value is -1.14. The van der Waals surface area contributed by atoms with Crippen molar-refractivity contribution >= 4 is 15.7 Å². The van der Waals surface area contributed by atoms with E-state index in [0.29, 0.717) is 0 Å². The van der Waals surface area contributed by atoms with Crippen molar-refractivity contribution in [1.82, 2.24) is 4.72 Å². The normalized spacial score (nSPS) is 12.8. The van der Waals surface area contributed by atoms with E-state index < -0.39 is 21.4 Å². The van der Waals surface area contributed by atoms with Crippen LogP contribution in [0.25, 0.3) is 0 Å². The van der Waals surface area contributed by atoms with Crippen LogP contribution in [0, 0.1) is 12.7 Å². The summed E-state index contributed by atoms with van der Waals surface area (Å²) in [7, 11) is -3.68. The van der Waals surface area contributed by atoms with E-state index in [4.69, 9.17) is 5.73 Å². The third kappa shape index (κ3) is 3.41. The molecule has 0 amide bonds. The van der Waals surface area contributed by atoms with Gasteiger partial charge in [0.2, 0.25) is 10.0 Å². The van der Waals surface area contributed by atoms with Gasteiger partial charge in [-0.15, -0.1) is 0 Å². The van der Waals surface area contributed by atoms with Crippen molar-refractivity contribution in [2.45, 2.75) is 38.1 Å². The van der Waals surface area contributed by atoms with Crippen LogP contribution in [0.15, 0.2) is 17.0 Å². The maximum absolute atomic E-state index is 13.3. The number of hydrogen-bond donors (Lipinski definition) is 2. The molecule has 0 saturated carbocycles. The van der Waals surface area contributed by atoms with Crippen molar-refractivity contribution in [2.75, 3.05) is 5.73 Å². The van der Waals surface area contributed by atoms with Crippen molar-refractivity contribution in [3.8, 4) is 0 Å². The number of rotatable bonds is 2. The standard InChI is InChI=1S/C11H17FN2O2S/c1-7-5-8(6-9(13)10(7)12)17(15,16)14-11(2,3)4/h5-6,14H,13H2,1-4H3. The molecule has 3 N–H and O–H groups in total. The molecule has 0 unspecified atom stereocenters. The van der Waals surface area contributed by atoms with E-state index in [1.165, 1.54) is 13.0 Å². The van der Waals surface area contributed by atoms with Gasteiger partial charge in [-0.2, -0.15) is 0 Å². The highest BCUT2D eigenvalue weighted by Crippen LogP contribution is 2.21. The highest BCUT2D eigenvalue weighted by molar-refractivity contribution is 7.89. The SMILES string of the molecule is Cc1cc(S(=O)(=O)NC(C)(C)C)cc(N)c1F. The Bertz CT molecular complexity index is 510. The first-order chi connectivity index (χ1) is 7.53. The zero-order valence-electron chi connectivity index (χ0n) is 10.3. The van der Waals surface area contributed by atoms with Gasteiger partial charge in [-0.3, -0.25) is 0 Å². The third-order valence-corrected chi connectivity index (χ3v) is 3.74. The molecule has 0 heterocycles. The molecule has 0 fully saturated rings. The zero-order valence-corrected chi connectivity index (χ0v) is 11.2. The van der Waals surface area contributed by atoms with E-state index in [1.54, 1.807) is 20.8 Å². The van der Waals surface area contributed by atoms with Crippen molar-refractivity contribution in [3.63, 3.8) is 0 Å². The monoisotopic (exact) mass is 260 g/mol. The number of sulfonamides is 1. The zero-order chi connectivity index (χ0) is 13.4. The number of nitrogens with two attached hydrogens (primary N) is 1. The van der Waals surface area contributed by atoms with Gasteiger partial charge in [0.25, 0.3) is 0 Å². The molecule has 0 spiro atoms. The summed E-state index contributed by atoms with van der Waals surface area (Å²) < 4.78 is 39.7. The number of aryl methyl sites for hydroxylation is 1. The van der Waals surface area contributed by atoms with Crippen molar-refractivity contribution in [3.05, 3.63) is 23.5 Å². The molecule has 1 aromatic carbocycles. The first kappa shape index (κ1) is 13.9. The summed E-state index contributed by atoms with van der Waals surface area (Å²) in [6.07, 6.45) is 0. The molecule has 96 valence electrons. The van der Waals surface area contributed by atoms with Gasteiger partial charge in [-0.25, -0.2) is 17.5 Å². The van der Waals surface area contributed by atoms with Gasteiger partial charge in [0.05, 0.1) is 10.6 Å². The maximum Gasteiger partial charge on any atom is 0.241 e. The molecule has 0 radical (unpaired) electrons. The minimum absolute atomic E-state index is 0.0242. The lowest BCUT2D eigenvalue weighted by molar-refractivity contribution is 0.491. The molecule has 0 aromatic heterocycles. The molecule has 0 aliphatic heterocycles. The number of benzene rings is 1. The predicted octanol–water partition coefficient (Wildman–Crippen LogP) is 1.79. The van der Waals surface area contributed by atoms with Crippen LogP contribution in [0.5, 0.6) is 0 Å². The van der Waals surface area contributed by atoms with E-state index in [9.17, 15) is 12.8 Å². The van der Waals surface area contributed by atoms with Crippen LogP contribution in [-0.2, 0) is 10.0 Å². The summed E-state index contributed by atoms with van der Waals surface area (Å²) in [5.41, 5.74) is 4.85. The summed E-state index contributed by atoms with van der Waals surface area (Å²) >= 11 is 0. The number of nitrogens with one attached hydrogen (secondary N) is 1. The highest BCUT2D eigenvalue weighted by atomic mass is 32.2. The topological polar surface area (TPSA) is 72.2 Å². The van der Waals surface area contributed by atoms with Crippen molar-refractivity contribution in [1.29, 1.82) is 0 Å². The van der Waals surface area contributed by atoms with Gasteiger partial charge in [-0.05, 0) is 45.4 Å². The molecule has 1 rings (SSSR count). The molecular formula is C11H17FN2O2S. The fourth-order valence-corrected chi connectivity index (χ4v) is 2.92. The predicted molar refractivity (Wildman–Crippen MR) is 65.6 cm³/mol. The van der Waals surface area contributed by atoms with E-state index in [0.717, 1.165) is 6.07 Å². The lowest BCUT2D eigenvalue weighted by Crippen LogP contribution is -2.40. The largest absolute Gasteiger partial charge is 0.396 e. The molecule has 4 nitrogen and oxygen atoms in total. The van der Waals surface area contributed by atoms with Crippen LogP contribution in [0.2, 0.25) is 0 Å². The Morgan fingerprint density at radius 1 is 1.29 bits per heavy atom. The number of halogens is 1. The second-order valence-electron chi connectivity index (χ2n) is 5.00. The number of hydrogen-bond acceptors (Lipinski definition) is 3. The Morgan fingerprint density at radius 3 is 2.24 bits per heavy atom. The lowest BCUT2D eigenvalue weighted by Gasteiger charge is -2.20. The number of anilines is 1. The smallest absolute Gasteiger partial charge is 0.241 e. The molecule has 0 atom stereocenters. The Balaban J connectivity index is 3.26. The number of nitrogen functional groups attached to an aromatic ring is 1. The van der Waals surface area contributed by atoms with Gasteiger partial charge < -0.3 is 5.73 Å². The van der Waals surface area contributed by atoms with Crippen LogP contribution in [-0.4, -0.2) is 14.0 Å². The summed E-state index contributed by atoms with van der Waals surface area (Å²) in [6, 6.07) is 2.39. The minimum atomic E-state index is -3.68. The molecule has 0 bridgehead atoms. The third-order valence-electron chi connectivity index (χ3n) is 2.01. The van der Waals surface area contributed by atoms with Gasteiger partial charge in [0.15, 0.2) is 0 Å². The second kappa shape index (κ2) is 4.27. The van der Waals surface area contributed by atoms with Crippen LogP contribution >= 0.6 is 0 Å². The average molecular weight is 260 g/mol. The highest BCUT2D eigenvalue weighted by Gasteiger charge is 2.23. The fraction of sp³-hybridized carbons (Fsp3) is 0.455. The second-order valence-corrected chi connectivity index (χ2v) is 6.68. The Kier molecular flexibility index (Phi) is 3.50. The molecule has 0 aliphatic carbocycles. The Labute approximate surface area is 101 Å². The lowest BCUT2D eigenvalue weighted by atomic mass is 10.1. The van der Waals surface area contributed by atoms with Crippen LogP contribution in [0.4, 0.5) is 10.1 Å². The van der Waals surface area contributed by atoms with Crippen molar-refractivity contribution < 1.29 is 12.8 Å². The maximum atomic E-state index is 13.3. The first-order valence-corrected chi connectivity index (χ1v) is 6.61. The summed E-state index contributed by atoms with van der Waals surface area (Å²) in [5.74, 6) is -0.584. The molecule has 1 aromatic rings. The molecule has 17 heavy (non-hydrogen) atoms. The molecule has 0 aliphatic rings. The van der Waals surface area contributed by atoms with E-state index in [2.05, 4.69) is 4.72 Å². The van der Waals surface area contributed by atoms with Gasteiger partial charge in [0, 0.05) is 5.54 Å². The van der Waals surface area contributed by atoms with E-state index in [-0.39, 0.29) is 16.1 Å². The fourth-order valence-electron chi connectivity index (χ4n) is 1.38. The summed E-state index contributed by atoms with van der Waals surface area (Å²) in [4.78, 5) is -0.0242. The molecule has 0 saturated heterocycles. The first-order valence-electron chi connectivity index (χ1n) is 5.12. The summed E-state index contributed by atoms with van der Waals surface area (Å²) in [6.45, 7) is 6.65. The van der Waals surface area contributed by atoms with Gasteiger partial charge in [0.1, 0.15) is 5.82 Å². The quantitative estimate of drug-likeness (QED) is 0.796. The summed E-state index contributed by atoms with van der Waals surface area (Å²) in [5, 5.41) is 0. The van der Waals surface area contributed by atoms with Crippen LogP contribution in [0.1, 0.15) is 26.3 Å². The Morgan fingerprint density at radius 2 is 1.82 bits per heavy atom. The minimum Gasteiger partial charge on any atom is -0.396 e. The van der Waals surface area contributed by atoms with Crippen molar-refractivity contribution in [2.24, 2.45) is 0 Å². The van der Waals surface area contributed by atoms with Gasteiger partial charge in [-0.1, -0.05) is 0 Å². The van der Waals surface area contributed by atoms with Crippen LogP contribution in [0.3, 0.4) is 0 Å². The van der Waals surface area contributed by atoms with E-state index >= 15 is 0 Å².